The van der Waals surface area contributed by atoms with Gasteiger partial charge in [0, 0.05) is 6.04 Å². The molecule has 0 aliphatic carbocycles. The van der Waals surface area contributed by atoms with E-state index in [1.807, 2.05) is 20.8 Å². The van der Waals surface area contributed by atoms with Crippen molar-refractivity contribution in [2.24, 2.45) is 0 Å². The highest BCUT2D eigenvalue weighted by Gasteiger charge is 2.44. The molecule has 0 aromatic carbocycles. The van der Waals surface area contributed by atoms with Crippen molar-refractivity contribution in [1.82, 2.24) is 4.90 Å². The molecule has 2 fully saturated rings. The van der Waals surface area contributed by atoms with Crippen molar-refractivity contribution in [3.05, 3.63) is 0 Å². The molecule has 2 heterocycles. The lowest BCUT2D eigenvalue weighted by atomic mass is 9.84. The number of rotatable bonds is 0. The van der Waals surface area contributed by atoms with Crippen molar-refractivity contribution in [3.8, 4) is 0 Å². The first-order valence-electron chi connectivity index (χ1n) is 6.54. The monoisotopic (exact) mass is 243 g/mol. The van der Waals surface area contributed by atoms with Crippen molar-refractivity contribution >= 4 is 6.09 Å². The van der Waals surface area contributed by atoms with Crippen LogP contribution in [0.3, 0.4) is 0 Å². The van der Waals surface area contributed by atoms with E-state index in [9.17, 15) is 9.18 Å². The van der Waals surface area contributed by atoms with Gasteiger partial charge in [0.15, 0.2) is 0 Å². The number of nitrogens with zero attached hydrogens (tertiary/aromatic N) is 1. The summed E-state index contributed by atoms with van der Waals surface area (Å²) in [6.07, 6.45) is 2.94. The molecule has 3 nitrogen and oxygen atoms in total. The van der Waals surface area contributed by atoms with Crippen LogP contribution in [0.1, 0.15) is 52.9 Å². The molecule has 2 aliphatic heterocycles. The summed E-state index contributed by atoms with van der Waals surface area (Å²) < 4.78 is 19.2. The summed E-state index contributed by atoms with van der Waals surface area (Å²) in [5, 5.41) is 0. The van der Waals surface area contributed by atoms with Crippen LogP contribution < -0.4 is 0 Å². The van der Waals surface area contributed by atoms with Crippen LogP contribution in [0.4, 0.5) is 9.18 Å². The van der Waals surface area contributed by atoms with Crippen LogP contribution in [0.5, 0.6) is 0 Å². The Kier molecular flexibility index (Phi) is 3.32. The van der Waals surface area contributed by atoms with Crippen LogP contribution in [0.15, 0.2) is 0 Å². The second-order valence-corrected chi connectivity index (χ2v) is 6.13. The molecular formula is C13H22FNO2. The quantitative estimate of drug-likeness (QED) is 0.653. The molecule has 0 aromatic heterocycles. The van der Waals surface area contributed by atoms with Crippen LogP contribution >= 0.6 is 0 Å². The van der Waals surface area contributed by atoms with Gasteiger partial charge in [-0.05, 0) is 52.9 Å². The Hall–Kier alpha value is -0.800. The van der Waals surface area contributed by atoms with E-state index in [0.717, 1.165) is 25.7 Å². The van der Waals surface area contributed by atoms with Crippen molar-refractivity contribution in [2.75, 3.05) is 0 Å². The van der Waals surface area contributed by atoms with Crippen molar-refractivity contribution in [3.63, 3.8) is 0 Å². The second-order valence-electron chi connectivity index (χ2n) is 6.13. The van der Waals surface area contributed by atoms with E-state index in [1.54, 1.807) is 4.90 Å². The molecule has 2 rings (SSSR count). The second kappa shape index (κ2) is 4.46. The zero-order chi connectivity index (χ0) is 12.6. The molecule has 2 aliphatic rings. The van der Waals surface area contributed by atoms with Crippen molar-refractivity contribution < 1.29 is 13.9 Å². The lowest BCUT2D eigenvalue weighted by Gasteiger charge is -2.47. The number of hydrogen-bond donors (Lipinski definition) is 0. The number of amides is 1. The molecule has 4 heteroatoms. The average Bonchev–Trinajstić information content (AvgIpc) is 2.21. The number of piperidine rings is 2. The molecule has 0 saturated carbocycles. The third kappa shape index (κ3) is 2.72. The largest absolute Gasteiger partial charge is 0.444 e. The smallest absolute Gasteiger partial charge is 0.410 e. The minimum atomic E-state index is -0.876. The summed E-state index contributed by atoms with van der Waals surface area (Å²) in [5.74, 6) is 0. The first kappa shape index (κ1) is 12.7. The van der Waals surface area contributed by atoms with E-state index in [2.05, 4.69) is 0 Å². The van der Waals surface area contributed by atoms with E-state index in [1.165, 1.54) is 0 Å². The summed E-state index contributed by atoms with van der Waals surface area (Å²) in [5.41, 5.74) is -0.505. The van der Waals surface area contributed by atoms with Gasteiger partial charge >= 0.3 is 6.09 Å². The van der Waals surface area contributed by atoms with E-state index >= 15 is 0 Å². The van der Waals surface area contributed by atoms with Gasteiger partial charge in [-0.2, -0.15) is 0 Å². The molecule has 3 atom stereocenters. The number of alkyl halides is 1. The number of hydrogen-bond acceptors (Lipinski definition) is 2. The Morgan fingerprint density at radius 2 is 1.94 bits per heavy atom. The highest BCUT2D eigenvalue weighted by molar-refractivity contribution is 5.69. The average molecular weight is 243 g/mol. The highest BCUT2D eigenvalue weighted by Crippen LogP contribution is 2.36. The van der Waals surface area contributed by atoms with Gasteiger partial charge < -0.3 is 4.74 Å². The molecule has 0 aromatic rings. The molecule has 98 valence electrons. The van der Waals surface area contributed by atoms with Crippen LogP contribution in [0.2, 0.25) is 0 Å². The maximum Gasteiger partial charge on any atom is 0.410 e. The molecule has 0 spiro atoms. The third-order valence-electron chi connectivity index (χ3n) is 3.59. The van der Waals surface area contributed by atoms with Gasteiger partial charge in [0.1, 0.15) is 11.8 Å². The Morgan fingerprint density at radius 1 is 1.24 bits per heavy atom. The van der Waals surface area contributed by atoms with Gasteiger partial charge in [0.2, 0.25) is 0 Å². The van der Waals surface area contributed by atoms with Crippen LogP contribution in [-0.4, -0.2) is 34.8 Å². The zero-order valence-electron chi connectivity index (χ0n) is 10.9. The number of halogens is 1. The van der Waals surface area contributed by atoms with Gasteiger partial charge in [0.25, 0.3) is 0 Å². The molecule has 17 heavy (non-hydrogen) atoms. The van der Waals surface area contributed by atoms with E-state index in [0.29, 0.717) is 6.42 Å². The van der Waals surface area contributed by atoms with E-state index < -0.39 is 11.8 Å². The van der Waals surface area contributed by atoms with Crippen LogP contribution in [0.25, 0.3) is 0 Å². The number of ether oxygens (including phenoxy) is 1. The number of carbonyl (C=O) groups excluding carboxylic acids is 1. The molecular weight excluding hydrogens is 221 g/mol. The third-order valence-corrected chi connectivity index (χ3v) is 3.59. The minimum Gasteiger partial charge on any atom is -0.444 e. The van der Waals surface area contributed by atoms with Crippen LogP contribution in [-0.2, 0) is 4.74 Å². The van der Waals surface area contributed by atoms with Crippen molar-refractivity contribution in [1.29, 1.82) is 0 Å². The normalized spacial score (nSPS) is 33.4. The predicted octanol–water partition coefficient (Wildman–Crippen LogP) is 3.28. The highest BCUT2D eigenvalue weighted by atomic mass is 19.1. The van der Waals surface area contributed by atoms with Gasteiger partial charge in [-0.3, -0.25) is 4.90 Å². The van der Waals surface area contributed by atoms with Gasteiger partial charge in [-0.1, -0.05) is 0 Å². The molecule has 3 unspecified atom stereocenters. The fraction of sp³-hybridized carbons (Fsp3) is 0.923. The fourth-order valence-corrected chi connectivity index (χ4v) is 2.89. The summed E-state index contributed by atoms with van der Waals surface area (Å²) in [6, 6.07) is -0.0621. The first-order chi connectivity index (χ1) is 7.88. The predicted molar refractivity (Wildman–Crippen MR) is 63.6 cm³/mol. The Labute approximate surface area is 102 Å². The van der Waals surface area contributed by atoms with Gasteiger partial charge in [-0.15, -0.1) is 0 Å². The summed E-state index contributed by atoms with van der Waals surface area (Å²) in [6.45, 7) is 5.53. The summed E-state index contributed by atoms with van der Waals surface area (Å²) >= 11 is 0. The molecule has 0 radical (unpaired) electrons. The Balaban J connectivity index is 2.10. The standard InChI is InChI=1S/C13H22FNO2/c1-13(2,3)17-12(16)15-9-5-4-6-11(15)10(14)8-7-9/h9-11H,4-8H2,1-3H3. The minimum absolute atomic E-state index is 0.190. The van der Waals surface area contributed by atoms with Gasteiger partial charge in [-0.25, -0.2) is 9.18 Å². The van der Waals surface area contributed by atoms with E-state index in [-0.39, 0.29) is 18.2 Å². The van der Waals surface area contributed by atoms with E-state index in [4.69, 9.17) is 4.74 Å². The molecule has 2 saturated heterocycles. The Morgan fingerprint density at radius 3 is 2.59 bits per heavy atom. The number of fused-ring (bicyclic) bond motifs is 2. The molecule has 1 amide bonds. The first-order valence-corrected chi connectivity index (χ1v) is 6.54. The number of carbonyl (C=O) groups is 1. The lowest BCUT2D eigenvalue weighted by Crippen LogP contribution is -2.58. The maximum absolute atomic E-state index is 13.8. The topological polar surface area (TPSA) is 29.5 Å². The summed E-state index contributed by atoms with van der Waals surface area (Å²) in [7, 11) is 0. The molecule has 2 bridgehead atoms. The Bertz CT molecular complexity index is 300. The lowest BCUT2D eigenvalue weighted by molar-refractivity contribution is -0.0404. The van der Waals surface area contributed by atoms with Crippen molar-refractivity contribution in [2.45, 2.75) is 76.7 Å². The zero-order valence-corrected chi connectivity index (χ0v) is 10.9. The summed E-state index contributed by atoms with van der Waals surface area (Å²) in [4.78, 5) is 13.8. The van der Waals surface area contributed by atoms with Gasteiger partial charge in [0.05, 0.1) is 6.04 Å². The maximum atomic E-state index is 13.8. The fourth-order valence-electron chi connectivity index (χ4n) is 2.89. The SMILES string of the molecule is CC(C)(C)OC(=O)N1C2CCCC1C(F)CC2. The molecule has 0 N–H and O–H groups in total. The van der Waals surface area contributed by atoms with Crippen LogP contribution in [0, 0.1) is 0 Å².